The Kier molecular flexibility index (Phi) is 9.77. The molecule has 124 valence electrons. The van der Waals surface area contributed by atoms with Crippen LogP contribution in [0.5, 0.6) is 0 Å². The highest BCUT2D eigenvalue weighted by molar-refractivity contribution is 7.90. The molecule has 0 bridgehead atoms. The first-order valence-electron chi connectivity index (χ1n) is 7.20. The van der Waals surface area contributed by atoms with Crippen molar-refractivity contribution in [2.24, 2.45) is 4.99 Å². The molecule has 0 radical (unpaired) electrons. The van der Waals surface area contributed by atoms with Crippen molar-refractivity contribution in [3.05, 3.63) is 0 Å². The van der Waals surface area contributed by atoms with E-state index >= 15 is 0 Å². The summed E-state index contributed by atoms with van der Waals surface area (Å²) in [6, 6.07) is -0.0140. The van der Waals surface area contributed by atoms with Crippen LogP contribution in [0.3, 0.4) is 0 Å². The number of rotatable bonds is 9. The number of amides is 1. The third kappa shape index (κ3) is 12.2. The number of carbonyl (C=O) groups is 1. The highest BCUT2D eigenvalue weighted by atomic mass is 32.2. The van der Waals surface area contributed by atoms with E-state index < -0.39 is 9.84 Å². The van der Waals surface area contributed by atoms with Crippen LogP contribution in [0.15, 0.2) is 4.99 Å². The molecule has 3 N–H and O–H groups in total. The molecule has 7 nitrogen and oxygen atoms in total. The largest absolute Gasteiger partial charge is 0.356 e. The summed E-state index contributed by atoms with van der Waals surface area (Å²) in [4.78, 5) is 15.5. The molecular weight excluding hydrogens is 292 g/mol. The van der Waals surface area contributed by atoms with Gasteiger partial charge in [-0.3, -0.25) is 9.79 Å². The lowest BCUT2D eigenvalue weighted by atomic mass is 10.3. The van der Waals surface area contributed by atoms with Gasteiger partial charge >= 0.3 is 0 Å². The second kappa shape index (κ2) is 10.4. The third-order valence-corrected chi connectivity index (χ3v) is 3.72. The molecule has 0 rings (SSSR count). The van der Waals surface area contributed by atoms with Crippen molar-refractivity contribution in [3.63, 3.8) is 0 Å². The minimum Gasteiger partial charge on any atom is -0.356 e. The first kappa shape index (κ1) is 19.7. The summed E-state index contributed by atoms with van der Waals surface area (Å²) < 4.78 is 22.2. The van der Waals surface area contributed by atoms with Crippen LogP contribution in [-0.4, -0.2) is 58.5 Å². The van der Waals surface area contributed by atoms with Crippen LogP contribution >= 0.6 is 0 Å². The number of aliphatic imine (C=N–C) groups is 1. The van der Waals surface area contributed by atoms with Gasteiger partial charge in [0.15, 0.2) is 5.96 Å². The van der Waals surface area contributed by atoms with Crippen LogP contribution in [0.4, 0.5) is 0 Å². The number of hydrogen-bond acceptors (Lipinski definition) is 4. The summed E-state index contributed by atoms with van der Waals surface area (Å²) in [5, 5.41) is 8.93. The maximum atomic E-state index is 11.4. The molecule has 21 heavy (non-hydrogen) atoms. The van der Waals surface area contributed by atoms with Crippen molar-refractivity contribution in [1.29, 1.82) is 0 Å². The van der Waals surface area contributed by atoms with Crippen molar-refractivity contribution in [2.45, 2.75) is 39.2 Å². The Balaban J connectivity index is 3.98. The number of nitrogens with one attached hydrogen (secondary N) is 3. The number of sulfone groups is 1. The fraction of sp³-hybridized carbons (Fsp3) is 0.846. The van der Waals surface area contributed by atoms with Gasteiger partial charge in [0.1, 0.15) is 9.84 Å². The van der Waals surface area contributed by atoms with Gasteiger partial charge in [-0.25, -0.2) is 8.42 Å². The molecule has 0 aromatic heterocycles. The molecule has 0 saturated heterocycles. The van der Waals surface area contributed by atoms with Gasteiger partial charge in [0.2, 0.25) is 5.91 Å². The fourth-order valence-electron chi connectivity index (χ4n) is 1.54. The Hall–Kier alpha value is -1.31. The highest BCUT2D eigenvalue weighted by Gasteiger charge is 2.09. The van der Waals surface area contributed by atoms with Gasteiger partial charge < -0.3 is 16.0 Å². The first-order chi connectivity index (χ1) is 9.78. The van der Waals surface area contributed by atoms with Gasteiger partial charge in [0.25, 0.3) is 0 Å². The first-order valence-corrected chi connectivity index (χ1v) is 9.26. The third-order valence-electron chi connectivity index (χ3n) is 2.75. The maximum absolute atomic E-state index is 11.4. The van der Waals surface area contributed by atoms with Crippen molar-refractivity contribution < 1.29 is 13.2 Å². The van der Waals surface area contributed by atoms with Crippen molar-refractivity contribution in [3.8, 4) is 0 Å². The van der Waals surface area contributed by atoms with Gasteiger partial charge in [0.05, 0.1) is 5.75 Å². The number of hydrogen-bond donors (Lipinski definition) is 3. The Bertz CT molecular complexity index is 435. The molecule has 0 heterocycles. The van der Waals surface area contributed by atoms with E-state index in [1.54, 1.807) is 7.05 Å². The lowest BCUT2D eigenvalue weighted by Crippen LogP contribution is -2.43. The minimum atomic E-state index is -2.95. The van der Waals surface area contributed by atoms with E-state index in [1.807, 2.05) is 13.8 Å². The summed E-state index contributed by atoms with van der Waals surface area (Å²) in [5.74, 6) is 0.710. The average molecular weight is 320 g/mol. The molecule has 0 spiro atoms. The van der Waals surface area contributed by atoms with Crippen LogP contribution in [0.2, 0.25) is 0 Å². The smallest absolute Gasteiger partial charge is 0.221 e. The Morgan fingerprint density at radius 3 is 2.43 bits per heavy atom. The van der Waals surface area contributed by atoms with E-state index in [4.69, 9.17) is 0 Å². The van der Waals surface area contributed by atoms with Crippen molar-refractivity contribution in [1.82, 2.24) is 16.0 Å². The normalized spacial score (nSPS) is 13.6. The number of guanidine groups is 1. The Labute approximate surface area is 127 Å². The summed E-state index contributed by atoms with van der Waals surface area (Å²) in [6.07, 6.45) is 3.02. The van der Waals surface area contributed by atoms with E-state index in [0.717, 1.165) is 6.42 Å². The zero-order chi connectivity index (χ0) is 16.3. The predicted molar refractivity (Wildman–Crippen MR) is 86.2 cm³/mol. The van der Waals surface area contributed by atoms with Gasteiger partial charge in [-0.15, -0.1) is 0 Å². The molecule has 0 aromatic carbocycles. The molecular formula is C13H28N4O3S. The molecule has 0 aromatic rings. The van der Waals surface area contributed by atoms with Gasteiger partial charge in [-0.2, -0.15) is 0 Å². The molecule has 0 aliphatic rings. The van der Waals surface area contributed by atoms with Crippen LogP contribution in [0.25, 0.3) is 0 Å². The molecule has 0 aliphatic carbocycles. The van der Waals surface area contributed by atoms with Crippen LogP contribution in [-0.2, 0) is 14.6 Å². The van der Waals surface area contributed by atoms with Crippen molar-refractivity contribution >= 4 is 21.7 Å². The second-order valence-corrected chi connectivity index (χ2v) is 7.32. The standard InChI is InChI=1S/C13H28N4O3S/c1-5-8-15-12(18)6-9-16-13(14-3)17-11(2)7-10-21(4,19)20/h11H,5-10H2,1-4H3,(H,15,18)(H2,14,16,17). The van der Waals surface area contributed by atoms with Crippen LogP contribution < -0.4 is 16.0 Å². The SMILES string of the molecule is CCCNC(=O)CCNC(=NC)NC(C)CCS(C)(=O)=O. The molecule has 1 unspecified atom stereocenters. The predicted octanol–water partition coefficient (Wildman–Crippen LogP) is -0.109. The Morgan fingerprint density at radius 2 is 1.90 bits per heavy atom. The summed E-state index contributed by atoms with van der Waals surface area (Å²) >= 11 is 0. The van der Waals surface area contributed by atoms with Crippen LogP contribution in [0, 0.1) is 0 Å². The Morgan fingerprint density at radius 1 is 1.24 bits per heavy atom. The van der Waals surface area contributed by atoms with Gasteiger partial charge in [-0.05, 0) is 19.8 Å². The van der Waals surface area contributed by atoms with Gasteiger partial charge in [0, 0.05) is 38.9 Å². The quantitative estimate of drug-likeness (QED) is 0.407. The van der Waals surface area contributed by atoms with E-state index in [2.05, 4.69) is 20.9 Å². The van der Waals surface area contributed by atoms with E-state index in [9.17, 15) is 13.2 Å². The van der Waals surface area contributed by atoms with E-state index in [0.29, 0.717) is 31.9 Å². The number of nitrogens with zero attached hydrogens (tertiary/aromatic N) is 1. The molecule has 0 aliphatic heterocycles. The topological polar surface area (TPSA) is 99.7 Å². The van der Waals surface area contributed by atoms with Crippen molar-refractivity contribution in [2.75, 3.05) is 32.1 Å². The molecule has 8 heteroatoms. The summed E-state index contributed by atoms with van der Waals surface area (Å²) in [5.41, 5.74) is 0. The summed E-state index contributed by atoms with van der Waals surface area (Å²) in [6.45, 7) is 5.07. The monoisotopic (exact) mass is 320 g/mol. The molecule has 0 saturated carbocycles. The molecule has 1 amide bonds. The zero-order valence-electron chi connectivity index (χ0n) is 13.4. The lowest BCUT2D eigenvalue weighted by Gasteiger charge is -2.17. The zero-order valence-corrected chi connectivity index (χ0v) is 14.2. The molecule has 1 atom stereocenters. The number of carbonyl (C=O) groups excluding carboxylic acids is 1. The average Bonchev–Trinajstić information content (AvgIpc) is 2.41. The second-order valence-electron chi connectivity index (χ2n) is 5.06. The minimum absolute atomic E-state index is 0.00456. The van der Waals surface area contributed by atoms with E-state index in [-0.39, 0.29) is 17.7 Å². The van der Waals surface area contributed by atoms with Crippen LogP contribution in [0.1, 0.15) is 33.1 Å². The lowest BCUT2D eigenvalue weighted by molar-refractivity contribution is -0.120. The fourth-order valence-corrected chi connectivity index (χ4v) is 2.32. The van der Waals surface area contributed by atoms with Gasteiger partial charge in [-0.1, -0.05) is 6.92 Å². The summed E-state index contributed by atoms with van der Waals surface area (Å²) in [7, 11) is -1.32. The molecule has 0 fully saturated rings. The maximum Gasteiger partial charge on any atom is 0.221 e. The van der Waals surface area contributed by atoms with E-state index in [1.165, 1.54) is 6.26 Å². The highest BCUT2D eigenvalue weighted by Crippen LogP contribution is 1.95.